The summed E-state index contributed by atoms with van der Waals surface area (Å²) in [5.41, 5.74) is 2.13. The predicted molar refractivity (Wildman–Crippen MR) is 52.0 cm³/mol. The van der Waals surface area contributed by atoms with Crippen molar-refractivity contribution in [3.8, 4) is 5.75 Å². The topological polar surface area (TPSA) is 37.9 Å². The molecule has 0 aliphatic heterocycles. The van der Waals surface area contributed by atoms with Crippen LogP contribution in [0.4, 0.5) is 0 Å². The minimum absolute atomic E-state index is 0.800. The zero-order chi connectivity index (χ0) is 9.26. The van der Waals surface area contributed by atoms with E-state index in [0.29, 0.717) is 0 Å². The first-order chi connectivity index (χ1) is 6.33. The molecular weight excluding hydrogens is 164 g/mol. The SMILES string of the molecule is CCc1cc2cc(OC)cnc2[nH]1. The van der Waals surface area contributed by atoms with Gasteiger partial charge in [0.25, 0.3) is 0 Å². The Labute approximate surface area is 76.8 Å². The summed E-state index contributed by atoms with van der Waals surface area (Å²) in [6, 6.07) is 4.09. The summed E-state index contributed by atoms with van der Waals surface area (Å²) < 4.78 is 5.09. The highest BCUT2D eigenvalue weighted by molar-refractivity contribution is 5.77. The van der Waals surface area contributed by atoms with Crippen LogP contribution < -0.4 is 4.74 Å². The van der Waals surface area contributed by atoms with Crippen LogP contribution in [0.25, 0.3) is 11.0 Å². The number of ether oxygens (including phenoxy) is 1. The van der Waals surface area contributed by atoms with Crippen molar-refractivity contribution in [2.75, 3.05) is 7.11 Å². The number of rotatable bonds is 2. The van der Waals surface area contributed by atoms with Crippen LogP contribution in [0.1, 0.15) is 12.6 Å². The van der Waals surface area contributed by atoms with Crippen LogP contribution in [0.3, 0.4) is 0 Å². The number of methoxy groups -OCH3 is 1. The lowest BCUT2D eigenvalue weighted by atomic mass is 10.3. The van der Waals surface area contributed by atoms with Gasteiger partial charge >= 0.3 is 0 Å². The van der Waals surface area contributed by atoms with Gasteiger partial charge in [-0.15, -0.1) is 0 Å². The van der Waals surface area contributed by atoms with Gasteiger partial charge in [0.2, 0.25) is 0 Å². The van der Waals surface area contributed by atoms with Crippen LogP contribution in [0.15, 0.2) is 18.3 Å². The first kappa shape index (κ1) is 8.10. The monoisotopic (exact) mass is 176 g/mol. The lowest BCUT2D eigenvalue weighted by molar-refractivity contribution is 0.413. The summed E-state index contributed by atoms with van der Waals surface area (Å²) in [7, 11) is 1.65. The lowest BCUT2D eigenvalue weighted by Crippen LogP contribution is -1.83. The van der Waals surface area contributed by atoms with E-state index in [1.165, 1.54) is 5.69 Å². The molecule has 2 rings (SSSR count). The molecule has 0 saturated carbocycles. The largest absolute Gasteiger partial charge is 0.495 e. The number of nitrogens with one attached hydrogen (secondary N) is 1. The van der Waals surface area contributed by atoms with E-state index in [9.17, 15) is 0 Å². The zero-order valence-corrected chi connectivity index (χ0v) is 7.79. The van der Waals surface area contributed by atoms with E-state index in [1.54, 1.807) is 13.3 Å². The summed E-state index contributed by atoms with van der Waals surface area (Å²) >= 11 is 0. The Morgan fingerprint density at radius 3 is 3.00 bits per heavy atom. The van der Waals surface area contributed by atoms with Crippen LogP contribution >= 0.6 is 0 Å². The molecule has 68 valence electrons. The molecule has 0 atom stereocenters. The van der Waals surface area contributed by atoms with Crippen molar-refractivity contribution in [3.05, 3.63) is 24.0 Å². The second-order valence-corrected chi connectivity index (χ2v) is 2.96. The number of nitrogens with zero attached hydrogens (tertiary/aromatic N) is 1. The highest BCUT2D eigenvalue weighted by Crippen LogP contribution is 2.18. The van der Waals surface area contributed by atoms with Gasteiger partial charge in [-0.2, -0.15) is 0 Å². The Bertz CT molecular complexity index is 418. The standard InChI is InChI=1S/C10H12N2O/c1-3-8-4-7-5-9(13-2)6-11-10(7)12-8/h4-6H,3H2,1-2H3,(H,11,12). The van der Waals surface area contributed by atoms with E-state index in [1.807, 2.05) is 6.07 Å². The van der Waals surface area contributed by atoms with Gasteiger partial charge in [-0.25, -0.2) is 4.98 Å². The molecule has 1 N–H and O–H groups in total. The third-order valence-electron chi connectivity index (χ3n) is 2.12. The maximum Gasteiger partial charge on any atom is 0.137 e. The highest BCUT2D eigenvalue weighted by atomic mass is 16.5. The van der Waals surface area contributed by atoms with E-state index in [0.717, 1.165) is 23.2 Å². The molecule has 0 saturated heterocycles. The number of hydrogen-bond donors (Lipinski definition) is 1. The molecule has 0 fully saturated rings. The molecule has 0 bridgehead atoms. The van der Waals surface area contributed by atoms with E-state index in [2.05, 4.69) is 23.0 Å². The number of fused-ring (bicyclic) bond motifs is 1. The second kappa shape index (κ2) is 3.09. The minimum atomic E-state index is 0.800. The van der Waals surface area contributed by atoms with E-state index in [-0.39, 0.29) is 0 Å². The van der Waals surface area contributed by atoms with E-state index in [4.69, 9.17) is 4.74 Å². The van der Waals surface area contributed by atoms with Crippen molar-refractivity contribution in [2.24, 2.45) is 0 Å². The van der Waals surface area contributed by atoms with Crippen LogP contribution in [0, 0.1) is 0 Å². The van der Waals surface area contributed by atoms with Gasteiger partial charge in [0.1, 0.15) is 11.4 Å². The van der Waals surface area contributed by atoms with Gasteiger partial charge in [0.15, 0.2) is 0 Å². The average Bonchev–Trinajstić information content (AvgIpc) is 2.58. The molecular formula is C10H12N2O. The maximum absolute atomic E-state index is 5.09. The highest BCUT2D eigenvalue weighted by Gasteiger charge is 2.01. The minimum Gasteiger partial charge on any atom is -0.495 e. The Kier molecular flexibility index (Phi) is 1.93. The summed E-state index contributed by atoms with van der Waals surface area (Å²) in [6.45, 7) is 2.11. The molecule has 0 aliphatic carbocycles. The molecule has 13 heavy (non-hydrogen) atoms. The van der Waals surface area contributed by atoms with Crippen LogP contribution in [0.2, 0.25) is 0 Å². The summed E-state index contributed by atoms with van der Waals surface area (Å²) in [5.74, 6) is 0.800. The third-order valence-corrected chi connectivity index (χ3v) is 2.12. The van der Waals surface area contributed by atoms with Gasteiger partial charge in [-0.3, -0.25) is 0 Å². The number of aryl methyl sites for hydroxylation is 1. The van der Waals surface area contributed by atoms with Gasteiger partial charge in [0.05, 0.1) is 13.3 Å². The van der Waals surface area contributed by atoms with Crippen LogP contribution in [0.5, 0.6) is 5.75 Å². The van der Waals surface area contributed by atoms with Crippen molar-refractivity contribution >= 4 is 11.0 Å². The lowest BCUT2D eigenvalue weighted by Gasteiger charge is -1.96. The number of aromatic amines is 1. The maximum atomic E-state index is 5.09. The van der Waals surface area contributed by atoms with Gasteiger partial charge in [-0.05, 0) is 18.6 Å². The molecule has 0 unspecified atom stereocenters. The van der Waals surface area contributed by atoms with Crippen LogP contribution in [-0.2, 0) is 6.42 Å². The fourth-order valence-electron chi connectivity index (χ4n) is 1.35. The molecule has 2 aromatic rings. The molecule has 3 heteroatoms. The predicted octanol–water partition coefficient (Wildman–Crippen LogP) is 2.13. The molecule has 0 aromatic carbocycles. The molecule has 2 heterocycles. The number of aromatic nitrogens is 2. The Hall–Kier alpha value is -1.51. The average molecular weight is 176 g/mol. The fraction of sp³-hybridized carbons (Fsp3) is 0.300. The number of pyridine rings is 1. The van der Waals surface area contributed by atoms with Crippen molar-refractivity contribution < 1.29 is 4.74 Å². The Morgan fingerprint density at radius 1 is 1.46 bits per heavy atom. The van der Waals surface area contributed by atoms with Gasteiger partial charge in [0, 0.05) is 11.1 Å². The smallest absolute Gasteiger partial charge is 0.137 e. The van der Waals surface area contributed by atoms with Crippen molar-refractivity contribution in [1.82, 2.24) is 9.97 Å². The summed E-state index contributed by atoms with van der Waals surface area (Å²) in [4.78, 5) is 7.47. The van der Waals surface area contributed by atoms with E-state index >= 15 is 0 Å². The zero-order valence-electron chi connectivity index (χ0n) is 7.79. The Balaban J connectivity index is 2.57. The van der Waals surface area contributed by atoms with Crippen LogP contribution in [-0.4, -0.2) is 17.1 Å². The molecule has 0 amide bonds. The van der Waals surface area contributed by atoms with Crippen molar-refractivity contribution in [3.63, 3.8) is 0 Å². The molecule has 3 nitrogen and oxygen atoms in total. The fourth-order valence-corrected chi connectivity index (χ4v) is 1.35. The number of H-pyrrole nitrogens is 1. The van der Waals surface area contributed by atoms with E-state index < -0.39 is 0 Å². The summed E-state index contributed by atoms with van der Waals surface area (Å²) in [5, 5.41) is 1.11. The molecule has 0 aliphatic rings. The van der Waals surface area contributed by atoms with Crippen molar-refractivity contribution in [2.45, 2.75) is 13.3 Å². The van der Waals surface area contributed by atoms with Gasteiger partial charge in [-0.1, -0.05) is 6.92 Å². The Morgan fingerprint density at radius 2 is 2.31 bits per heavy atom. The third kappa shape index (κ3) is 1.37. The van der Waals surface area contributed by atoms with Crippen molar-refractivity contribution in [1.29, 1.82) is 0 Å². The number of hydrogen-bond acceptors (Lipinski definition) is 2. The first-order valence-electron chi connectivity index (χ1n) is 4.35. The molecule has 0 spiro atoms. The molecule has 2 aromatic heterocycles. The second-order valence-electron chi connectivity index (χ2n) is 2.96. The first-order valence-corrected chi connectivity index (χ1v) is 4.35. The normalized spacial score (nSPS) is 10.6. The quantitative estimate of drug-likeness (QED) is 0.761. The molecule has 0 radical (unpaired) electrons. The van der Waals surface area contributed by atoms with Gasteiger partial charge < -0.3 is 9.72 Å². The summed E-state index contributed by atoms with van der Waals surface area (Å²) in [6.07, 6.45) is 2.72.